The Kier molecular flexibility index (Phi) is 19.7. The smallest absolute Gasteiger partial charge is 0.345 e. The average Bonchev–Trinajstić information content (AvgIpc) is 4.09. The lowest BCUT2D eigenvalue weighted by Crippen LogP contribution is -2.28. The number of carbonyl (C=O) groups is 2. The van der Waals surface area contributed by atoms with E-state index >= 15 is 0 Å². The Morgan fingerprint density at radius 2 is 0.821 bits per heavy atom. The summed E-state index contributed by atoms with van der Waals surface area (Å²) in [6.07, 6.45) is 6.39. The molecule has 10 nitrogen and oxygen atoms in total. The Balaban J connectivity index is 0.000000207. The molecule has 10 heteroatoms. The van der Waals surface area contributed by atoms with E-state index in [1.807, 2.05) is 72.8 Å². The number of nitrogens with zero attached hydrogens (tertiary/aromatic N) is 2. The van der Waals surface area contributed by atoms with Gasteiger partial charge in [0.15, 0.2) is 0 Å². The van der Waals surface area contributed by atoms with Crippen molar-refractivity contribution in [3.05, 3.63) is 264 Å². The molecule has 0 spiro atoms. The first-order valence-electron chi connectivity index (χ1n) is 26.1. The van der Waals surface area contributed by atoms with E-state index in [4.69, 9.17) is 19.2 Å². The van der Waals surface area contributed by atoms with Crippen molar-refractivity contribution in [2.45, 2.75) is 78.0 Å². The molecule has 0 bridgehead atoms. The highest BCUT2D eigenvalue weighted by molar-refractivity contribution is 5.99. The first-order chi connectivity index (χ1) is 37.9. The fourth-order valence-corrected chi connectivity index (χ4v) is 9.66. The van der Waals surface area contributed by atoms with Crippen molar-refractivity contribution in [1.82, 2.24) is 19.8 Å². The maximum Gasteiger partial charge on any atom is 0.373 e. The first kappa shape index (κ1) is 56.3. The molecule has 392 valence electrons. The second-order valence-electron chi connectivity index (χ2n) is 19.8. The third-order valence-electron chi connectivity index (χ3n) is 13.7. The van der Waals surface area contributed by atoms with Gasteiger partial charge in [-0.3, -0.25) is 9.59 Å². The quantitative estimate of drug-likeness (QED) is 0.111. The largest absolute Gasteiger partial charge is 0.373 e. The number of hydrogen-bond donors (Lipinski definition) is 2. The molecule has 10 rings (SSSR count). The van der Waals surface area contributed by atoms with Crippen LogP contribution in [-0.2, 0) is 37.7 Å². The minimum atomic E-state index is -0.0403. The van der Waals surface area contributed by atoms with Crippen molar-refractivity contribution < 1.29 is 28.8 Å². The van der Waals surface area contributed by atoms with E-state index < -0.39 is 0 Å². The minimum absolute atomic E-state index is 0.00216. The molecular weight excluding hydrogens is 969 g/mol. The summed E-state index contributed by atoms with van der Waals surface area (Å²) in [6, 6.07) is 73.1. The summed E-state index contributed by atoms with van der Waals surface area (Å²) in [5.41, 5.74) is 14.8. The molecule has 2 aromatic heterocycles. The fourth-order valence-electron chi connectivity index (χ4n) is 9.66. The van der Waals surface area contributed by atoms with Gasteiger partial charge in [0.25, 0.3) is 11.8 Å². The third kappa shape index (κ3) is 14.7. The lowest BCUT2D eigenvalue weighted by atomic mass is 9.82. The molecule has 0 radical (unpaired) electrons. The van der Waals surface area contributed by atoms with E-state index in [1.54, 1.807) is 0 Å². The highest BCUT2D eigenvalue weighted by atomic mass is 16.2. The zero-order chi connectivity index (χ0) is 55.4. The molecular formula is C68H64N4O6. The summed E-state index contributed by atoms with van der Waals surface area (Å²) in [7, 11) is 0. The Labute approximate surface area is 456 Å². The van der Waals surface area contributed by atoms with Crippen molar-refractivity contribution in [2.24, 2.45) is 0 Å². The minimum Gasteiger partial charge on any atom is -0.345 e. The third-order valence-corrected chi connectivity index (χ3v) is 13.7. The number of carbonyl (C=O) groups excluding carboxylic acids is 6. The summed E-state index contributed by atoms with van der Waals surface area (Å²) in [6.45, 7) is 12.5. The predicted molar refractivity (Wildman–Crippen MR) is 308 cm³/mol. The predicted octanol–water partition coefficient (Wildman–Crippen LogP) is 14.6. The lowest BCUT2D eigenvalue weighted by molar-refractivity contribution is -0.193. The monoisotopic (exact) mass is 1030 g/mol. The number of amides is 2. The van der Waals surface area contributed by atoms with Crippen LogP contribution in [0.3, 0.4) is 0 Å². The van der Waals surface area contributed by atoms with Crippen LogP contribution in [0.15, 0.2) is 225 Å². The molecule has 2 atom stereocenters. The lowest BCUT2D eigenvalue weighted by Gasteiger charge is -2.23. The Morgan fingerprint density at radius 1 is 0.449 bits per heavy atom. The molecule has 0 saturated carbocycles. The van der Waals surface area contributed by atoms with Crippen LogP contribution < -0.4 is 10.6 Å². The van der Waals surface area contributed by atoms with E-state index in [0.29, 0.717) is 11.1 Å². The van der Waals surface area contributed by atoms with E-state index in [2.05, 4.69) is 206 Å². The molecule has 2 unspecified atom stereocenters. The van der Waals surface area contributed by atoms with Crippen molar-refractivity contribution in [2.75, 3.05) is 0 Å². The van der Waals surface area contributed by atoms with Gasteiger partial charge in [-0.05, 0) is 117 Å². The van der Waals surface area contributed by atoms with Crippen LogP contribution in [0.1, 0.15) is 108 Å². The van der Waals surface area contributed by atoms with Crippen molar-refractivity contribution in [1.29, 1.82) is 0 Å². The maximum absolute atomic E-state index is 13.0. The molecule has 2 N–H and O–H groups in total. The summed E-state index contributed by atoms with van der Waals surface area (Å²) in [4.78, 5) is 58.5. The fraction of sp³-hybridized carbons (Fsp3) is 0.176. The van der Waals surface area contributed by atoms with Crippen LogP contribution in [0.4, 0.5) is 0 Å². The van der Waals surface area contributed by atoms with Crippen LogP contribution in [-0.4, -0.2) is 33.3 Å². The Hall–Kier alpha value is -9.46. The summed E-state index contributed by atoms with van der Waals surface area (Å²) >= 11 is 0. The SMILES string of the molecule is CCC(NC(=O)c1ccc2c(ccn2Cc2ccc(-c3ccccc3)cc2)c1)c1ccccc1.CCC(NC(=O)c1ccc2c(ccn2Cc2ccc(-c3ccccc3C(C)(C)C)cc2)c1)c1ccccc1.O=C=O.O=C=O. The van der Waals surface area contributed by atoms with Crippen LogP contribution in [0.25, 0.3) is 44.1 Å². The van der Waals surface area contributed by atoms with Gasteiger partial charge in [0.05, 0.1) is 12.1 Å². The summed E-state index contributed by atoms with van der Waals surface area (Å²) < 4.78 is 4.47. The number of aromatic nitrogens is 2. The molecule has 2 heterocycles. The standard InChI is InChI=1S/C35H36N2O.C31H28N2O.2CO2/c1-5-32(27-11-7-6-8-12-27)36-34(38)29-19-20-33-28(23-29)21-22-37(33)24-25-15-17-26(18-16-25)30-13-9-10-14-31(30)35(2,3)4;1-2-29(26-11-7-4-8-12-26)32-31(34)28-17-18-30-27(21-28)19-20-33(30)22-23-13-15-25(16-14-23)24-9-5-3-6-10-24;2*2-1-3/h6-23,32H,5,24H2,1-4H3,(H,36,38);3-21,29H,2,22H2,1H3,(H,32,34);;. The van der Waals surface area contributed by atoms with Gasteiger partial charge in [-0.25, -0.2) is 0 Å². The van der Waals surface area contributed by atoms with Gasteiger partial charge < -0.3 is 19.8 Å². The molecule has 0 aliphatic rings. The van der Waals surface area contributed by atoms with E-state index in [9.17, 15) is 9.59 Å². The molecule has 0 aliphatic heterocycles. The Morgan fingerprint density at radius 3 is 1.23 bits per heavy atom. The number of rotatable bonds is 14. The molecule has 0 aliphatic carbocycles. The van der Waals surface area contributed by atoms with Gasteiger partial charge in [0.1, 0.15) is 0 Å². The maximum atomic E-state index is 13.0. The summed E-state index contributed by atoms with van der Waals surface area (Å²) in [5, 5.41) is 8.52. The molecule has 2 amide bonds. The van der Waals surface area contributed by atoms with Crippen molar-refractivity contribution in [3.8, 4) is 22.3 Å². The summed E-state index contributed by atoms with van der Waals surface area (Å²) in [5.74, 6) is -0.0802. The molecule has 10 aromatic rings. The molecule has 8 aromatic carbocycles. The highest BCUT2D eigenvalue weighted by Crippen LogP contribution is 2.33. The number of benzene rings is 8. The zero-order valence-electron chi connectivity index (χ0n) is 44.7. The topological polar surface area (TPSA) is 136 Å². The van der Waals surface area contributed by atoms with Crippen molar-refractivity contribution in [3.63, 3.8) is 0 Å². The van der Waals surface area contributed by atoms with Crippen molar-refractivity contribution >= 4 is 45.9 Å². The normalized spacial score (nSPS) is 11.4. The van der Waals surface area contributed by atoms with Gasteiger partial charge in [-0.1, -0.05) is 198 Å². The molecule has 78 heavy (non-hydrogen) atoms. The van der Waals surface area contributed by atoms with E-state index in [0.717, 1.165) is 58.9 Å². The van der Waals surface area contributed by atoms with Crippen LogP contribution in [0.5, 0.6) is 0 Å². The van der Waals surface area contributed by atoms with Crippen LogP contribution in [0, 0.1) is 0 Å². The van der Waals surface area contributed by atoms with Crippen LogP contribution in [0.2, 0.25) is 0 Å². The highest BCUT2D eigenvalue weighted by Gasteiger charge is 2.19. The van der Waals surface area contributed by atoms with Crippen LogP contribution >= 0.6 is 0 Å². The molecule has 0 fully saturated rings. The second kappa shape index (κ2) is 27.4. The van der Waals surface area contributed by atoms with E-state index in [1.165, 1.54) is 38.9 Å². The van der Waals surface area contributed by atoms with Gasteiger partial charge >= 0.3 is 12.3 Å². The van der Waals surface area contributed by atoms with Gasteiger partial charge in [-0.15, -0.1) is 0 Å². The molecule has 0 saturated heterocycles. The van der Waals surface area contributed by atoms with Gasteiger partial charge in [0, 0.05) is 58.4 Å². The average molecular weight is 1030 g/mol. The number of nitrogens with one attached hydrogen (secondary N) is 2. The van der Waals surface area contributed by atoms with Gasteiger partial charge in [-0.2, -0.15) is 19.2 Å². The first-order valence-corrected chi connectivity index (χ1v) is 26.1. The zero-order valence-corrected chi connectivity index (χ0v) is 44.7. The number of fused-ring (bicyclic) bond motifs is 2. The van der Waals surface area contributed by atoms with E-state index in [-0.39, 0.29) is 41.6 Å². The number of hydrogen-bond acceptors (Lipinski definition) is 6. The van der Waals surface area contributed by atoms with Gasteiger partial charge in [0.2, 0.25) is 0 Å². The second-order valence-corrected chi connectivity index (χ2v) is 19.8. The Bertz CT molecular complexity index is 3590.